The Hall–Kier alpha value is -4.72. The molecule has 6 N–H and O–H groups in total. The lowest BCUT2D eigenvalue weighted by Gasteiger charge is -2.36. The highest BCUT2D eigenvalue weighted by Crippen LogP contribution is 2.34. The number of aliphatic hydroxyl groups is 1. The fraction of sp³-hybridized carbons (Fsp3) is 0.343. The third kappa shape index (κ3) is 8.22. The van der Waals surface area contributed by atoms with Gasteiger partial charge in [-0.3, -0.25) is 4.79 Å². The van der Waals surface area contributed by atoms with E-state index >= 15 is 0 Å². The molecule has 0 unspecified atom stereocenters. The van der Waals surface area contributed by atoms with Crippen LogP contribution in [-0.4, -0.2) is 86.9 Å². The van der Waals surface area contributed by atoms with Crippen LogP contribution in [0.3, 0.4) is 0 Å². The normalized spacial score (nSPS) is 14.9. The summed E-state index contributed by atoms with van der Waals surface area (Å²) in [5.41, 5.74) is 11.2. The maximum Gasteiger partial charge on any atom is 0.319 e. The van der Waals surface area contributed by atoms with Crippen LogP contribution in [0, 0.1) is 5.92 Å². The lowest BCUT2D eigenvalue weighted by molar-refractivity contribution is -0.127. The van der Waals surface area contributed by atoms with Crippen LogP contribution in [0.1, 0.15) is 31.7 Å². The molecular formula is C35H43N7O5S. The van der Waals surface area contributed by atoms with Crippen LogP contribution in [0.5, 0.6) is 0 Å². The molecule has 0 saturated carbocycles. The number of sulfonamides is 1. The summed E-state index contributed by atoms with van der Waals surface area (Å²) in [6, 6.07) is 19.4. The van der Waals surface area contributed by atoms with Crippen molar-refractivity contribution in [3.05, 3.63) is 77.9 Å². The Labute approximate surface area is 281 Å². The Kier molecular flexibility index (Phi) is 11.1. The number of nitrogens with zero attached hydrogens (tertiary/aromatic N) is 3. The summed E-state index contributed by atoms with van der Waals surface area (Å²) in [4.78, 5) is 32.7. The van der Waals surface area contributed by atoms with E-state index in [0.717, 1.165) is 23.2 Å². The van der Waals surface area contributed by atoms with Crippen molar-refractivity contribution in [2.75, 3.05) is 57.0 Å². The van der Waals surface area contributed by atoms with Gasteiger partial charge in [-0.1, -0.05) is 37.3 Å². The third-order valence-electron chi connectivity index (χ3n) is 8.34. The number of carbonyl (C=O) groups is 2. The number of benzene rings is 3. The van der Waals surface area contributed by atoms with Crippen molar-refractivity contribution in [1.82, 2.24) is 14.5 Å². The van der Waals surface area contributed by atoms with Crippen molar-refractivity contribution in [3.63, 3.8) is 0 Å². The Bertz CT molecular complexity index is 1820. The summed E-state index contributed by atoms with van der Waals surface area (Å²) >= 11 is 0. The van der Waals surface area contributed by atoms with Gasteiger partial charge in [0.1, 0.15) is 5.84 Å². The van der Waals surface area contributed by atoms with Gasteiger partial charge in [0.25, 0.3) is 0 Å². The fourth-order valence-electron chi connectivity index (χ4n) is 5.71. The molecule has 2 aliphatic rings. The second kappa shape index (κ2) is 15.5. The van der Waals surface area contributed by atoms with E-state index in [1.807, 2.05) is 68.6 Å². The molecule has 2 aliphatic heterocycles. The molecule has 1 fully saturated rings. The van der Waals surface area contributed by atoms with E-state index in [2.05, 4.69) is 20.9 Å². The zero-order valence-corrected chi connectivity index (χ0v) is 28.1. The third-order valence-corrected chi connectivity index (χ3v) is 10.2. The van der Waals surface area contributed by atoms with E-state index in [1.165, 1.54) is 4.31 Å². The van der Waals surface area contributed by atoms with Gasteiger partial charge in [-0.25, -0.2) is 18.2 Å². The van der Waals surface area contributed by atoms with Crippen molar-refractivity contribution >= 4 is 50.9 Å². The summed E-state index contributed by atoms with van der Waals surface area (Å²) in [5.74, 6) is 0.139. The minimum absolute atomic E-state index is 0.0299. The van der Waals surface area contributed by atoms with Gasteiger partial charge in [-0.15, -0.1) is 0 Å². The highest BCUT2D eigenvalue weighted by Gasteiger charge is 2.36. The number of nitrogens with two attached hydrogens (primary N) is 1. The molecule has 0 atom stereocenters. The van der Waals surface area contributed by atoms with E-state index in [1.54, 1.807) is 23.1 Å². The zero-order chi connectivity index (χ0) is 34.3. The van der Waals surface area contributed by atoms with Gasteiger partial charge in [-0.2, -0.15) is 4.31 Å². The number of aliphatic hydroxyl groups excluding tert-OH is 1. The van der Waals surface area contributed by atoms with Crippen LogP contribution in [-0.2, 0) is 14.8 Å². The van der Waals surface area contributed by atoms with Crippen molar-refractivity contribution in [1.29, 1.82) is 0 Å². The van der Waals surface area contributed by atoms with Gasteiger partial charge in [0.15, 0.2) is 0 Å². The first-order valence-corrected chi connectivity index (χ1v) is 17.6. The highest BCUT2D eigenvalue weighted by atomic mass is 32.2. The standard InChI is InChI=1S/C35H43N7O5S/c1-3-14-41(15-6-13-38-35(45)39-30-9-5-8-29(20-30)37-2)34(44)28-16-27-12-11-26(18-32(27)40-33(36)19-28)25-7-4-10-31(17-25)48(46,47)42-21-24(22-42)23-43/h4-5,7-12,16-18,20,24,37,43H,3,6,13-15,19,21-23H2,1-2H3,(H2,36,40)(H2,38,39,45). The minimum Gasteiger partial charge on any atom is -0.396 e. The highest BCUT2D eigenvalue weighted by molar-refractivity contribution is 7.89. The van der Waals surface area contributed by atoms with E-state index in [9.17, 15) is 23.1 Å². The summed E-state index contributed by atoms with van der Waals surface area (Å²) in [6.07, 6.45) is 3.35. The van der Waals surface area contributed by atoms with Crippen molar-refractivity contribution in [3.8, 4) is 11.1 Å². The lowest BCUT2D eigenvalue weighted by atomic mass is 10.0. The summed E-state index contributed by atoms with van der Waals surface area (Å²) in [5, 5.41) is 18.0. The number of nitrogens with one attached hydrogen (secondary N) is 3. The van der Waals surface area contributed by atoms with E-state index < -0.39 is 10.0 Å². The molecule has 0 bridgehead atoms. The fourth-order valence-corrected chi connectivity index (χ4v) is 7.35. The second-order valence-corrected chi connectivity index (χ2v) is 13.9. The number of amidine groups is 1. The first-order chi connectivity index (χ1) is 23.1. The SMILES string of the molecule is CCCN(CCCNC(=O)Nc1cccc(NC)c1)C(=O)C1=Cc2ccc(-c3cccc(S(=O)(=O)N4CC(CO)C4)c3)cc2N=C(N)C1. The molecule has 254 valence electrons. The molecule has 48 heavy (non-hydrogen) atoms. The Balaban J connectivity index is 1.25. The van der Waals surface area contributed by atoms with Crippen LogP contribution >= 0.6 is 0 Å². The molecule has 3 aromatic rings. The molecule has 3 amide bonds. The predicted octanol–water partition coefficient (Wildman–Crippen LogP) is 4.23. The molecule has 13 heteroatoms. The quantitative estimate of drug-likeness (QED) is 0.169. The van der Waals surface area contributed by atoms with Crippen LogP contribution in [0.25, 0.3) is 17.2 Å². The van der Waals surface area contributed by atoms with Gasteiger partial charge < -0.3 is 31.7 Å². The number of fused-ring (bicyclic) bond motifs is 1. The second-order valence-electron chi connectivity index (χ2n) is 12.0. The molecule has 2 heterocycles. The molecule has 0 aliphatic carbocycles. The summed E-state index contributed by atoms with van der Waals surface area (Å²) < 4.78 is 27.6. The van der Waals surface area contributed by atoms with Gasteiger partial charge in [0.2, 0.25) is 15.9 Å². The van der Waals surface area contributed by atoms with Crippen molar-refractivity contribution < 1.29 is 23.1 Å². The Morgan fingerprint density at radius 1 is 1.02 bits per heavy atom. The Morgan fingerprint density at radius 2 is 1.77 bits per heavy atom. The average molecular weight is 674 g/mol. The number of hydrogen-bond donors (Lipinski definition) is 5. The average Bonchev–Trinajstić information content (AvgIpc) is 3.22. The van der Waals surface area contributed by atoms with Crippen molar-refractivity contribution in [2.24, 2.45) is 16.6 Å². The Morgan fingerprint density at radius 3 is 2.52 bits per heavy atom. The summed E-state index contributed by atoms with van der Waals surface area (Å²) in [6.45, 7) is 3.99. The largest absolute Gasteiger partial charge is 0.396 e. The molecule has 1 saturated heterocycles. The predicted molar refractivity (Wildman–Crippen MR) is 190 cm³/mol. The number of hydrogen-bond acceptors (Lipinski definition) is 8. The van der Waals surface area contributed by atoms with Gasteiger partial charge in [0.05, 0.1) is 10.6 Å². The van der Waals surface area contributed by atoms with Gasteiger partial charge in [-0.05, 0) is 66.4 Å². The van der Waals surface area contributed by atoms with E-state index in [0.29, 0.717) is 67.5 Å². The summed E-state index contributed by atoms with van der Waals surface area (Å²) in [7, 11) is -1.86. The van der Waals surface area contributed by atoms with E-state index in [4.69, 9.17) is 5.73 Å². The van der Waals surface area contributed by atoms with Crippen LogP contribution in [0.15, 0.2) is 82.2 Å². The smallest absolute Gasteiger partial charge is 0.319 e. The van der Waals surface area contributed by atoms with Gasteiger partial charge in [0, 0.05) is 81.2 Å². The monoisotopic (exact) mass is 673 g/mol. The van der Waals surface area contributed by atoms with Crippen LogP contribution < -0.4 is 21.7 Å². The molecule has 0 radical (unpaired) electrons. The minimum atomic E-state index is -3.67. The number of rotatable bonds is 13. The molecule has 3 aromatic carbocycles. The first-order valence-electron chi connectivity index (χ1n) is 16.1. The maximum atomic E-state index is 13.7. The maximum absolute atomic E-state index is 13.7. The van der Waals surface area contributed by atoms with Gasteiger partial charge >= 0.3 is 6.03 Å². The van der Waals surface area contributed by atoms with E-state index in [-0.39, 0.29) is 35.8 Å². The molecule has 0 spiro atoms. The molecule has 0 aromatic heterocycles. The lowest BCUT2D eigenvalue weighted by Crippen LogP contribution is -2.51. The molecule has 5 rings (SSSR count). The zero-order valence-electron chi connectivity index (χ0n) is 27.3. The number of urea groups is 1. The topological polar surface area (TPSA) is 169 Å². The first kappa shape index (κ1) is 34.6. The van der Waals surface area contributed by atoms with Crippen LogP contribution in [0.4, 0.5) is 21.9 Å². The number of amides is 3. The number of anilines is 2. The molecule has 12 nitrogen and oxygen atoms in total. The number of carbonyl (C=O) groups excluding carboxylic acids is 2. The van der Waals surface area contributed by atoms with Crippen LogP contribution in [0.2, 0.25) is 0 Å². The molecular weight excluding hydrogens is 630 g/mol. The number of aliphatic imine (C=N–C) groups is 1. The van der Waals surface area contributed by atoms with Crippen molar-refractivity contribution in [2.45, 2.75) is 31.1 Å².